The first-order chi connectivity index (χ1) is 10.0. The lowest BCUT2D eigenvalue weighted by Gasteiger charge is -2.25. The van der Waals surface area contributed by atoms with E-state index in [1.807, 2.05) is 0 Å². The van der Waals surface area contributed by atoms with Crippen LogP contribution < -0.4 is 10.6 Å². The zero-order chi connectivity index (χ0) is 15.0. The average Bonchev–Trinajstić information content (AvgIpc) is 3.22. The molecular formula is C17H22N2O2. The van der Waals surface area contributed by atoms with Crippen LogP contribution in [0.3, 0.4) is 0 Å². The van der Waals surface area contributed by atoms with E-state index in [0.29, 0.717) is 6.54 Å². The van der Waals surface area contributed by atoms with Crippen LogP contribution in [-0.4, -0.2) is 24.4 Å². The Morgan fingerprint density at radius 3 is 2.48 bits per heavy atom. The molecule has 2 fully saturated rings. The van der Waals surface area contributed by atoms with Crippen LogP contribution in [0.4, 0.5) is 0 Å². The molecule has 1 aliphatic carbocycles. The maximum absolute atomic E-state index is 12.7. The van der Waals surface area contributed by atoms with Crippen molar-refractivity contribution in [3.05, 3.63) is 34.9 Å². The molecule has 1 saturated heterocycles. The molecule has 4 nitrogen and oxygen atoms in total. The molecule has 1 aliphatic heterocycles. The molecule has 1 heterocycles. The average molecular weight is 286 g/mol. The molecule has 1 aromatic carbocycles. The van der Waals surface area contributed by atoms with E-state index in [1.54, 1.807) is 0 Å². The van der Waals surface area contributed by atoms with Crippen molar-refractivity contribution < 1.29 is 9.59 Å². The fourth-order valence-corrected chi connectivity index (χ4v) is 3.23. The normalized spacial score (nSPS) is 23.3. The first kappa shape index (κ1) is 14.1. The summed E-state index contributed by atoms with van der Waals surface area (Å²) in [7, 11) is 0. The Labute approximate surface area is 125 Å². The van der Waals surface area contributed by atoms with Gasteiger partial charge in [0, 0.05) is 6.54 Å². The van der Waals surface area contributed by atoms with Gasteiger partial charge in [0.1, 0.15) is 6.04 Å². The highest BCUT2D eigenvalue weighted by Gasteiger charge is 2.52. The Morgan fingerprint density at radius 2 is 1.90 bits per heavy atom. The molecule has 1 saturated carbocycles. The summed E-state index contributed by atoms with van der Waals surface area (Å²) in [6, 6.07) is 5.95. The van der Waals surface area contributed by atoms with Crippen molar-refractivity contribution >= 4 is 11.8 Å². The standard InChI is InChI=1S/C17H22N2O2/c1-11-8-12(2)10-13(9-11)17(5-6-17)16(21)19-14-4-3-7-18-15(14)20/h8-10,14H,3-7H2,1-2H3,(H,18,20)(H,19,21)/t14-/m0/s1. The lowest BCUT2D eigenvalue weighted by molar-refractivity contribution is -0.131. The maximum Gasteiger partial charge on any atom is 0.242 e. The van der Waals surface area contributed by atoms with Crippen molar-refractivity contribution in [3.8, 4) is 0 Å². The van der Waals surface area contributed by atoms with E-state index in [1.165, 1.54) is 11.1 Å². The van der Waals surface area contributed by atoms with Crippen LogP contribution >= 0.6 is 0 Å². The van der Waals surface area contributed by atoms with Gasteiger partial charge in [-0.3, -0.25) is 9.59 Å². The van der Waals surface area contributed by atoms with Gasteiger partial charge in [0.2, 0.25) is 11.8 Å². The monoisotopic (exact) mass is 286 g/mol. The molecule has 2 aliphatic rings. The molecule has 0 radical (unpaired) electrons. The fraction of sp³-hybridized carbons (Fsp3) is 0.529. The summed E-state index contributed by atoms with van der Waals surface area (Å²) in [6.45, 7) is 4.82. The van der Waals surface area contributed by atoms with Crippen molar-refractivity contribution in [1.82, 2.24) is 10.6 Å². The summed E-state index contributed by atoms with van der Waals surface area (Å²) in [4.78, 5) is 24.5. The van der Waals surface area contributed by atoms with Crippen LogP contribution in [0.1, 0.15) is 42.4 Å². The molecule has 0 aromatic heterocycles. The highest BCUT2D eigenvalue weighted by atomic mass is 16.2. The number of benzene rings is 1. The Morgan fingerprint density at radius 1 is 1.24 bits per heavy atom. The summed E-state index contributed by atoms with van der Waals surface area (Å²) in [5.74, 6) is -0.0413. The van der Waals surface area contributed by atoms with Gasteiger partial charge < -0.3 is 10.6 Å². The van der Waals surface area contributed by atoms with Gasteiger partial charge in [-0.05, 0) is 45.1 Å². The first-order valence-electron chi connectivity index (χ1n) is 7.69. The van der Waals surface area contributed by atoms with Gasteiger partial charge >= 0.3 is 0 Å². The molecule has 21 heavy (non-hydrogen) atoms. The Hall–Kier alpha value is -1.84. The van der Waals surface area contributed by atoms with Gasteiger partial charge in [-0.1, -0.05) is 29.3 Å². The first-order valence-corrected chi connectivity index (χ1v) is 7.69. The molecule has 1 aromatic rings. The van der Waals surface area contributed by atoms with Crippen LogP contribution in [0.15, 0.2) is 18.2 Å². The van der Waals surface area contributed by atoms with Gasteiger partial charge in [0.05, 0.1) is 5.41 Å². The lowest BCUT2D eigenvalue weighted by Crippen LogP contribution is -2.52. The summed E-state index contributed by atoms with van der Waals surface area (Å²) in [6.07, 6.45) is 3.40. The zero-order valence-corrected chi connectivity index (χ0v) is 12.7. The molecule has 2 amide bonds. The number of piperidine rings is 1. The summed E-state index contributed by atoms with van der Waals surface area (Å²) in [5, 5.41) is 5.77. The third kappa shape index (κ3) is 2.67. The summed E-state index contributed by atoms with van der Waals surface area (Å²) >= 11 is 0. The van der Waals surface area contributed by atoms with Gasteiger partial charge in [0.15, 0.2) is 0 Å². The zero-order valence-electron chi connectivity index (χ0n) is 12.7. The van der Waals surface area contributed by atoms with Crippen molar-refractivity contribution in [2.45, 2.75) is 51.0 Å². The van der Waals surface area contributed by atoms with Crippen molar-refractivity contribution in [3.63, 3.8) is 0 Å². The summed E-state index contributed by atoms with van der Waals surface area (Å²) in [5.41, 5.74) is 3.04. The Bertz CT molecular complexity index is 570. The van der Waals surface area contributed by atoms with Gasteiger partial charge in [0.25, 0.3) is 0 Å². The van der Waals surface area contributed by atoms with E-state index < -0.39 is 5.41 Å². The fourth-order valence-electron chi connectivity index (χ4n) is 3.23. The van der Waals surface area contributed by atoms with E-state index in [2.05, 4.69) is 42.7 Å². The minimum absolute atomic E-state index is 0.00884. The quantitative estimate of drug-likeness (QED) is 0.889. The number of aryl methyl sites for hydroxylation is 2. The van der Waals surface area contributed by atoms with Crippen LogP contribution in [0.25, 0.3) is 0 Å². The molecule has 0 bridgehead atoms. The number of amides is 2. The molecule has 2 N–H and O–H groups in total. The number of nitrogens with one attached hydrogen (secondary N) is 2. The number of carbonyl (C=O) groups is 2. The van der Waals surface area contributed by atoms with Crippen molar-refractivity contribution in [2.24, 2.45) is 0 Å². The Balaban J connectivity index is 1.78. The molecule has 1 atom stereocenters. The second-order valence-electron chi connectivity index (χ2n) is 6.42. The minimum atomic E-state index is -0.408. The van der Waals surface area contributed by atoms with Gasteiger partial charge in [-0.2, -0.15) is 0 Å². The van der Waals surface area contributed by atoms with Crippen LogP contribution in [-0.2, 0) is 15.0 Å². The minimum Gasteiger partial charge on any atom is -0.354 e. The third-order valence-electron chi connectivity index (χ3n) is 4.55. The molecule has 0 unspecified atom stereocenters. The molecule has 0 spiro atoms. The number of rotatable bonds is 3. The van der Waals surface area contributed by atoms with E-state index in [9.17, 15) is 9.59 Å². The van der Waals surface area contributed by atoms with Gasteiger partial charge in [-0.15, -0.1) is 0 Å². The Kier molecular flexibility index (Phi) is 3.47. The largest absolute Gasteiger partial charge is 0.354 e. The van der Waals surface area contributed by atoms with E-state index >= 15 is 0 Å². The lowest BCUT2D eigenvalue weighted by atomic mass is 9.91. The second kappa shape index (κ2) is 5.17. The predicted octanol–water partition coefficient (Wildman–Crippen LogP) is 1.73. The molecular weight excluding hydrogens is 264 g/mol. The molecule has 3 rings (SSSR count). The van der Waals surface area contributed by atoms with Crippen LogP contribution in [0.5, 0.6) is 0 Å². The molecule has 4 heteroatoms. The van der Waals surface area contributed by atoms with E-state index in [4.69, 9.17) is 0 Å². The molecule has 112 valence electrons. The van der Waals surface area contributed by atoms with Crippen LogP contribution in [0, 0.1) is 13.8 Å². The summed E-state index contributed by atoms with van der Waals surface area (Å²) < 4.78 is 0. The van der Waals surface area contributed by atoms with Crippen molar-refractivity contribution in [1.29, 1.82) is 0 Å². The van der Waals surface area contributed by atoms with Gasteiger partial charge in [-0.25, -0.2) is 0 Å². The van der Waals surface area contributed by atoms with E-state index in [0.717, 1.165) is 31.2 Å². The maximum atomic E-state index is 12.7. The predicted molar refractivity (Wildman–Crippen MR) is 81.0 cm³/mol. The second-order valence-corrected chi connectivity index (χ2v) is 6.42. The number of hydrogen-bond donors (Lipinski definition) is 2. The smallest absolute Gasteiger partial charge is 0.242 e. The van der Waals surface area contributed by atoms with E-state index in [-0.39, 0.29) is 17.9 Å². The highest BCUT2D eigenvalue weighted by Crippen LogP contribution is 2.49. The topological polar surface area (TPSA) is 58.2 Å². The highest BCUT2D eigenvalue weighted by molar-refractivity contribution is 5.95. The third-order valence-corrected chi connectivity index (χ3v) is 4.55. The van der Waals surface area contributed by atoms with Crippen LogP contribution in [0.2, 0.25) is 0 Å². The number of carbonyl (C=O) groups excluding carboxylic acids is 2. The van der Waals surface area contributed by atoms with Crippen molar-refractivity contribution in [2.75, 3.05) is 6.54 Å². The SMILES string of the molecule is Cc1cc(C)cc(C2(C(=O)N[C@H]3CCCNC3=O)CC2)c1. The number of hydrogen-bond acceptors (Lipinski definition) is 2.